The Morgan fingerprint density at radius 3 is 2.28 bits per heavy atom. The second-order valence-electron chi connectivity index (χ2n) is 7.07. The Morgan fingerprint density at radius 2 is 1.80 bits per heavy atom. The average Bonchev–Trinajstić information content (AvgIpc) is 2.96. The molecule has 0 bridgehead atoms. The molecule has 0 atom stereocenters. The second kappa shape index (κ2) is 8.65. The lowest BCUT2D eigenvalue weighted by Crippen LogP contribution is -2.54. The number of hydrogen-bond acceptors (Lipinski definition) is 4. The Labute approximate surface area is 155 Å². The van der Waals surface area contributed by atoms with Crippen LogP contribution >= 0.6 is 11.3 Å². The molecule has 1 N–H and O–H groups in total. The highest BCUT2D eigenvalue weighted by molar-refractivity contribution is 7.11. The normalized spacial score (nSPS) is 16.1. The fourth-order valence-corrected chi connectivity index (χ4v) is 4.09. The lowest BCUT2D eigenvalue weighted by Gasteiger charge is -2.37. The zero-order chi connectivity index (χ0) is 18.6. The van der Waals surface area contributed by atoms with E-state index in [2.05, 4.69) is 36.0 Å². The number of thiazole rings is 1. The molecule has 2 rings (SSSR count). The summed E-state index contributed by atoms with van der Waals surface area (Å²) in [7, 11) is 1.81. The number of carbonyl (C=O) groups excluding carboxylic acids is 1. The highest BCUT2D eigenvalue weighted by Gasteiger charge is 2.24. The van der Waals surface area contributed by atoms with E-state index in [9.17, 15) is 4.79 Å². The fraction of sp³-hybridized carbons (Fsp3) is 0.722. The quantitative estimate of drug-likeness (QED) is 0.658. The molecule has 0 aromatic carbocycles. The Hall–Kier alpha value is -1.63. The van der Waals surface area contributed by atoms with Crippen LogP contribution in [0.1, 0.15) is 49.2 Å². The predicted octanol–water partition coefficient (Wildman–Crippen LogP) is 2.45. The van der Waals surface area contributed by atoms with Crippen molar-refractivity contribution < 1.29 is 4.79 Å². The molecule has 1 aromatic rings. The van der Waals surface area contributed by atoms with Gasteiger partial charge < -0.3 is 15.1 Å². The van der Waals surface area contributed by atoms with Gasteiger partial charge in [-0.05, 0) is 12.8 Å². The van der Waals surface area contributed by atoms with Gasteiger partial charge in [0.25, 0.3) is 0 Å². The Bertz CT molecular complexity index is 615. The van der Waals surface area contributed by atoms with Gasteiger partial charge in [0.2, 0.25) is 5.91 Å². The molecule has 1 aliphatic heterocycles. The van der Waals surface area contributed by atoms with Crippen molar-refractivity contribution >= 4 is 23.2 Å². The number of aryl methyl sites for hydroxylation is 1. The molecule has 0 saturated carbocycles. The summed E-state index contributed by atoms with van der Waals surface area (Å²) < 4.78 is 0. The van der Waals surface area contributed by atoms with E-state index in [1.54, 1.807) is 18.4 Å². The summed E-state index contributed by atoms with van der Waals surface area (Å²) in [6.07, 6.45) is 0. The standard InChI is InChI=1S/C18H31N5OS/c1-12(2)16-14(5)25-15(21-16)11-20-18(19-6)23-9-7-22(8-10-23)17(24)13(3)4/h12-13H,7-11H2,1-6H3,(H,19,20). The molecule has 7 heteroatoms. The van der Waals surface area contributed by atoms with E-state index in [1.165, 1.54) is 10.6 Å². The van der Waals surface area contributed by atoms with Crippen molar-refractivity contribution in [3.63, 3.8) is 0 Å². The summed E-state index contributed by atoms with van der Waals surface area (Å²) in [5.74, 6) is 1.64. The first-order chi connectivity index (χ1) is 11.8. The molecule has 1 aromatic heterocycles. The Balaban J connectivity index is 1.89. The minimum absolute atomic E-state index is 0.0623. The molecule has 2 heterocycles. The highest BCUT2D eigenvalue weighted by Crippen LogP contribution is 2.24. The molecular weight excluding hydrogens is 334 g/mol. The van der Waals surface area contributed by atoms with Gasteiger partial charge in [0, 0.05) is 44.0 Å². The van der Waals surface area contributed by atoms with E-state index < -0.39 is 0 Å². The van der Waals surface area contributed by atoms with E-state index in [0.717, 1.165) is 37.1 Å². The lowest BCUT2D eigenvalue weighted by atomic mass is 10.1. The van der Waals surface area contributed by atoms with Crippen molar-refractivity contribution in [2.45, 2.75) is 47.1 Å². The molecule has 1 amide bonds. The SMILES string of the molecule is CN=C(NCc1nc(C(C)C)c(C)s1)N1CCN(C(=O)C(C)C)CC1. The Kier molecular flexibility index (Phi) is 6.81. The van der Waals surface area contributed by atoms with Crippen LogP contribution in [0.4, 0.5) is 0 Å². The number of hydrogen-bond donors (Lipinski definition) is 1. The van der Waals surface area contributed by atoms with Crippen molar-refractivity contribution in [2.75, 3.05) is 33.2 Å². The largest absolute Gasteiger partial charge is 0.350 e. The zero-order valence-corrected chi connectivity index (χ0v) is 17.1. The van der Waals surface area contributed by atoms with Crippen LogP contribution in [0, 0.1) is 12.8 Å². The number of nitrogens with zero attached hydrogens (tertiary/aromatic N) is 4. The third-order valence-corrected chi connectivity index (χ3v) is 5.40. The third-order valence-electron chi connectivity index (χ3n) is 4.42. The summed E-state index contributed by atoms with van der Waals surface area (Å²) in [6.45, 7) is 14.2. The van der Waals surface area contributed by atoms with Gasteiger partial charge in [0.1, 0.15) is 5.01 Å². The molecule has 0 spiro atoms. The summed E-state index contributed by atoms with van der Waals surface area (Å²) >= 11 is 1.75. The summed E-state index contributed by atoms with van der Waals surface area (Å²) in [5, 5.41) is 4.52. The number of nitrogens with one attached hydrogen (secondary N) is 1. The van der Waals surface area contributed by atoms with Crippen molar-refractivity contribution in [3.05, 3.63) is 15.6 Å². The van der Waals surface area contributed by atoms with E-state index in [4.69, 9.17) is 4.98 Å². The number of amides is 1. The van der Waals surface area contributed by atoms with Crippen LogP contribution in [0.2, 0.25) is 0 Å². The molecule has 0 unspecified atom stereocenters. The maximum atomic E-state index is 12.1. The number of carbonyl (C=O) groups is 1. The van der Waals surface area contributed by atoms with Gasteiger partial charge in [-0.2, -0.15) is 0 Å². The first-order valence-corrected chi connectivity index (χ1v) is 9.85. The number of aliphatic imine (C=N–C) groups is 1. The van der Waals surface area contributed by atoms with Crippen LogP contribution in [0.25, 0.3) is 0 Å². The number of rotatable bonds is 4. The molecule has 1 aliphatic rings. The molecule has 25 heavy (non-hydrogen) atoms. The van der Waals surface area contributed by atoms with Gasteiger partial charge in [-0.25, -0.2) is 4.98 Å². The first kappa shape index (κ1) is 19.7. The molecule has 0 radical (unpaired) electrons. The molecule has 140 valence electrons. The number of guanidine groups is 1. The zero-order valence-electron chi connectivity index (χ0n) is 16.3. The van der Waals surface area contributed by atoms with Crippen LogP contribution in [-0.4, -0.2) is 59.9 Å². The van der Waals surface area contributed by atoms with E-state index >= 15 is 0 Å². The summed E-state index contributed by atoms with van der Waals surface area (Å²) in [4.78, 5) is 26.7. The molecule has 1 fully saturated rings. The minimum atomic E-state index is 0.0623. The molecule has 1 saturated heterocycles. The second-order valence-corrected chi connectivity index (χ2v) is 8.36. The molecule has 0 aliphatic carbocycles. The summed E-state index contributed by atoms with van der Waals surface area (Å²) in [5.41, 5.74) is 1.19. The van der Waals surface area contributed by atoms with E-state index in [1.807, 2.05) is 18.7 Å². The number of aromatic nitrogens is 1. The highest BCUT2D eigenvalue weighted by atomic mass is 32.1. The topological polar surface area (TPSA) is 60.8 Å². The predicted molar refractivity (Wildman–Crippen MR) is 104 cm³/mol. The van der Waals surface area contributed by atoms with Crippen molar-refractivity contribution in [1.29, 1.82) is 0 Å². The van der Waals surface area contributed by atoms with Crippen LogP contribution < -0.4 is 5.32 Å². The fourth-order valence-electron chi connectivity index (χ4n) is 3.07. The van der Waals surface area contributed by atoms with E-state index in [-0.39, 0.29) is 11.8 Å². The maximum Gasteiger partial charge on any atom is 0.225 e. The lowest BCUT2D eigenvalue weighted by molar-refractivity contribution is -0.135. The van der Waals surface area contributed by atoms with Crippen molar-refractivity contribution in [3.8, 4) is 0 Å². The molecule has 6 nitrogen and oxygen atoms in total. The van der Waals surface area contributed by atoms with E-state index in [0.29, 0.717) is 12.5 Å². The van der Waals surface area contributed by atoms with Crippen LogP contribution in [-0.2, 0) is 11.3 Å². The van der Waals surface area contributed by atoms with Gasteiger partial charge in [-0.1, -0.05) is 27.7 Å². The van der Waals surface area contributed by atoms with Crippen molar-refractivity contribution in [1.82, 2.24) is 20.1 Å². The van der Waals surface area contributed by atoms with Crippen LogP contribution in [0.5, 0.6) is 0 Å². The van der Waals surface area contributed by atoms with Crippen LogP contribution in [0.15, 0.2) is 4.99 Å². The average molecular weight is 366 g/mol. The van der Waals surface area contributed by atoms with Gasteiger partial charge >= 0.3 is 0 Å². The van der Waals surface area contributed by atoms with Crippen molar-refractivity contribution in [2.24, 2.45) is 10.9 Å². The smallest absolute Gasteiger partial charge is 0.225 e. The van der Waals surface area contributed by atoms with Gasteiger partial charge in [-0.3, -0.25) is 9.79 Å². The minimum Gasteiger partial charge on any atom is -0.350 e. The first-order valence-electron chi connectivity index (χ1n) is 9.04. The summed E-state index contributed by atoms with van der Waals surface area (Å²) in [6, 6.07) is 0. The van der Waals surface area contributed by atoms with Gasteiger partial charge in [0.15, 0.2) is 5.96 Å². The van der Waals surface area contributed by atoms with Crippen LogP contribution in [0.3, 0.4) is 0 Å². The molecular formula is C18H31N5OS. The van der Waals surface area contributed by atoms with Gasteiger partial charge in [-0.15, -0.1) is 11.3 Å². The maximum absolute atomic E-state index is 12.1. The van der Waals surface area contributed by atoms with Gasteiger partial charge in [0.05, 0.1) is 12.2 Å². The number of piperazine rings is 1. The monoisotopic (exact) mass is 365 g/mol. The third kappa shape index (κ3) is 4.93. The Morgan fingerprint density at radius 1 is 1.20 bits per heavy atom.